The number of nitrogens with zero attached hydrogens (tertiary/aromatic N) is 2. The average molecular weight is 335 g/mol. The van der Waals surface area contributed by atoms with Gasteiger partial charge in [-0.25, -0.2) is 4.98 Å². The van der Waals surface area contributed by atoms with Gasteiger partial charge in [-0.1, -0.05) is 18.2 Å². The molecule has 1 atom stereocenters. The van der Waals surface area contributed by atoms with E-state index in [4.69, 9.17) is 9.72 Å². The molecule has 2 aromatic carbocycles. The number of imidazole rings is 1. The number of aromatic amines is 1. The molecular formula is C21H25N3O. The second-order valence-corrected chi connectivity index (χ2v) is 6.92. The van der Waals surface area contributed by atoms with E-state index >= 15 is 0 Å². The Hall–Kier alpha value is -2.33. The predicted octanol–water partition coefficient (Wildman–Crippen LogP) is 4.27. The summed E-state index contributed by atoms with van der Waals surface area (Å²) in [4.78, 5) is 10.9. The average Bonchev–Trinajstić information content (AvgIpc) is 3.24. The lowest BCUT2D eigenvalue weighted by Crippen LogP contribution is -2.29. The Morgan fingerprint density at radius 1 is 1.20 bits per heavy atom. The monoisotopic (exact) mass is 335 g/mol. The van der Waals surface area contributed by atoms with Gasteiger partial charge < -0.3 is 14.6 Å². The van der Waals surface area contributed by atoms with Gasteiger partial charge in [-0.15, -0.1) is 0 Å². The molecule has 1 aliphatic rings. The Morgan fingerprint density at radius 2 is 2.08 bits per heavy atom. The molecule has 4 nitrogen and oxygen atoms in total. The molecule has 4 rings (SSSR count). The standard InChI is InChI=1S/C21H25N3O/c1-15-5-4-11-24(15)12-10-21-22-19-9-8-17(14-20(19)23-21)16-6-3-7-18(13-16)25-2/h3,6-9,13-15H,4-5,10-12H2,1-2H3,(H,22,23)/t15-/m1/s1. The zero-order valence-corrected chi connectivity index (χ0v) is 15.0. The minimum Gasteiger partial charge on any atom is -0.497 e. The summed E-state index contributed by atoms with van der Waals surface area (Å²) in [7, 11) is 1.70. The van der Waals surface area contributed by atoms with Crippen molar-refractivity contribution in [3.63, 3.8) is 0 Å². The summed E-state index contributed by atoms with van der Waals surface area (Å²) in [5, 5.41) is 0. The van der Waals surface area contributed by atoms with Gasteiger partial charge in [0.25, 0.3) is 0 Å². The highest BCUT2D eigenvalue weighted by Crippen LogP contribution is 2.26. The predicted molar refractivity (Wildman–Crippen MR) is 102 cm³/mol. The van der Waals surface area contributed by atoms with Crippen molar-refractivity contribution in [1.82, 2.24) is 14.9 Å². The molecule has 0 spiro atoms. The number of hydrogen-bond acceptors (Lipinski definition) is 3. The van der Waals surface area contributed by atoms with E-state index in [-0.39, 0.29) is 0 Å². The molecule has 1 aromatic heterocycles. The first-order chi connectivity index (χ1) is 12.2. The summed E-state index contributed by atoms with van der Waals surface area (Å²) in [5.74, 6) is 1.96. The highest BCUT2D eigenvalue weighted by Gasteiger charge is 2.19. The third-order valence-corrected chi connectivity index (χ3v) is 5.26. The van der Waals surface area contributed by atoms with Crippen LogP contribution in [-0.4, -0.2) is 41.1 Å². The van der Waals surface area contributed by atoms with Crippen LogP contribution in [0.3, 0.4) is 0 Å². The number of ether oxygens (including phenoxy) is 1. The first kappa shape index (κ1) is 16.2. The van der Waals surface area contributed by atoms with Crippen LogP contribution in [0.25, 0.3) is 22.2 Å². The molecule has 0 aliphatic carbocycles. The molecule has 1 saturated heterocycles. The summed E-state index contributed by atoms with van der Waals surface area (Å²) in [5.41, 5.74) is 4.45. The fourth-order valence-corrected chi connectivity index (χ4v) is 3.73. The van der Waals surface area contributed by atoms with Crippen molar-refractivity contribution >= 4 is 11.0 Å². The number of aromatic nitrogens is 2. The van der Waals surface area contributed by atoms with E-state index in [2.05, 4.69) is 47.1 Å². The summed E-state index contributed by atoms with van der Waals surface area (Å²) in [6.45, 7) is 4.64. The Morgan fingerprint density at radius 3 is 2.88 bits per heavy atom. The van der Waals surface area contributed by atoms with Crippen LogP contribution in [0.5, 0.6) is 5.75 Å². The number of H-pyrrole nitrogens is 1. The zero-order chi connectivity index (χ0) is 17.2. The molecule has 1 N–H and O–H groups in total. The van der Waals surface area contributed by atoms with Crippen molar-refractivity contribution in [3.8, 4) is 16.9 Å². The molecule has 25 heavy (non-hydrogen) atoms. The molecule has 0 saturated carbocycles. The SMILES string of the molecule is COc1cccc(-c2ccc3[nH]c(CCN4CCC[C@H]4C)nc3c2)c1. The molecule has 0 amide bonds. The molecular weight excluding hydrogens is 310 g/mol. The van der Waals surface area contributed by atoms with E-state index in [9.17, 15) is 0 Å². The summed E-state index contributed by atoms with van der Waals surface area (Å²) in [6, 6.07) is 15.3. The van der Waals surface area contributed by atoms with Crippen molar-refractivity contribution in [2.45, 2.75) is 32.2 Å². The maximum atomic E-state index is 5.33. The number of methoxy groups -OCH3 is 1. The highest BCUT2D eigenvalue weighted by atomic mass is 16.5. The molecule has 1 fully saturated rings. The second kappa shape index (κ2) is 6.89. The van der Waals surface area contributed by atoms with Gasteiger partial charge in [0.05, 0.1) is 18.1 Å². The van der Waals surface area contributed by atoms with Crippen LogP contribution in [0.15, 0.2) is 42.5 Å². The third kappa shape index (κ3) is 3.40. The first-order valence-corrected chi connectivity index (χ1v) is 9.10. The van der Waals surface area contributed by atoms with E-state index < -0.39 is 0 Å². The fourth-order valence-electron chi connectivity index (χ4n) is 3.73. The summed E-state index contributed by atoms with van der Waals surface area (Å²) in [6.07, 6.45) is 3.63. The van der Waals surface area contributed by atoms with Gasteiger partial charge in [-0.05, 0) is 61.7 Å². The molecule has 2 heterocycles. The molecule has 0 radical (unpaired) electrons. The minimum atomic E-state index is 0.712. The molecule has 4 heteroatoms. The topological polar surface area (TPSA) is 41.1 Å². The lowest BCUT2D eigenvalue weighted by atomic mass is 10.1. The van der Waals surface area contributed by atoms with Crippen LogP contribution in [0.4, 0.5) is 0 Å². The van der Waals surface area contributed by atoms with E-state index in [1.165, 1.54) is 19.4 Å². The number of hydrogen-bond donors (Lipinski definition) is 1. The van der Waals surface area contributed by atoms with E-state index in [0.717, 1.165) is 46.7 Å². The van der Waals surface area contributed by atoms with Gasteiger partial charge in [-0.3, -0.25) is 0 Å². The highest BCUT2D eigenvalue weighted by molar-refractivity contribution is 5.82. The van der Waals surface area contributed by atoms with Crippen LogP contribution in [0.1, 0.15) is 25.6 Å². The lowest BCUT2D eigenvalue weighted by molar-refractivity contribution is 0.271. The van der Waals surface area contributed by atoms with Crippen molar-refractivity contribution in [3.05, 3.63) is 48.3 Å². The maximum Gasteiger partial charge on any atom is 0.119 e. The van der Waals surface area contributed by atoms with Crippen molar-refractivity contribution in [2.24, 2.45) is 0 Å². The number of fused-ring (bicyclic) bond motifs is 1. The quantitative estimate of drug-likeness (QED) is 0.757. The van der Waals surface area contributed by atoms with Gasteiger partial charge >= 0.3 is 0 Å². The van der Waals surface area contributed by atoms with Crippen molar-refractivity contribution < 1.29 is 4.74 Å². The Bertz CT molecular complexity index is 870. The number of likely N-dealkylation sites (tertiary alicyclic amines) is 1. The molecule has 0 unspecified atom stereocenters. The largest absolute Gasteiger partial charge is 0.497 e. The Labute approximate surface area is 148 Å². The molecule has 0 bridgehead atoms. The third-order valence-electron chi connectivity index (χ3n) is 5.26. The van der Waals surface area contributed by atoms with Crippen LogP contribution < -0.4 is 4.74 Å². The van der Waals surface area contributed by atoms with Crippen LogP contribution in [0, 0.1) is 0 Å². The van der Waals surface area contributed by atoms with Crippen molar-refractivity contribution in [2.75, 3.05) is 20.2 Å². The van der Waals surface area contributed by atoms with Crippen molar-refractivity contribution in [1.29, 1.82) is 0 Å². The normalized spacial score (nSPS) is 18.1. The van der Waals surface area contributed by atoms with E-state index in [1.54, 1.807) is 7.11 Å². The van der Waals surface area contributed by atoms with Gasteiger partial charge in [0.1, 0.15) is 11.6 Å². The number of benzene rings is 2. The molecule has 3 aromatic rings. The summed E-state index contributed by atoms with van der Waals surface area (Å²) < 4.78 is 5.33. The van der Waals surface area contributed by atoms with Gasteiger partial charge in [0, 0.05) is 19.0 Å². The summed E-state index contributed by atoms with van der Waals surface area (Å²) >= 11 is 0. The van der Waals surface area contributed by atoms with E-state index in [0.29, 0.717) is 6.04 Å². The number of nitrogens with one attached hydrogen (secondary N) is 1. The maximum absolute atomic E-state index is 5.33. The molecule has 1 aliphatic heterocycles. The van der Waals surface area contributed by atoms with Gasteiger partial charge in [0.2, 0.25) is 0 Å². The van der Waals surface area contributed by atoms with Gasteiger partial charge in [-0.2, -0.15) is 0 Å². The second-order valence-electron chi connectivity index (χ2n) is 6.92. The molecule has 130 valence electrons. The first-order valence-electron chi connectivity index (χ1n) is 9.10. The number of rotatable bonds is 5. The lowest BCUT2D eigenvalue weighted by Gasteiger charge is -2.19. The zero-order valence-electron chi connectivity index (χ0n) is 15.0. The smallest absolute Gasteiger partial charge is 0.119 e. The van der Waals surface area contributed by atoms with Crippen LogP contribution in [-0.2, 0) is 6.42 Å². The Balaban J connectivity index is 1.54. The Kier molecular flexibility index (Phi) is 4.45. The van der Waals surface area contributed by atoms with E-state index in [1.807, 2.05) is 12.1 Å². The van der Waals surface area contributed by atoms with Gasteiger partial charge in [0.15, 0.2) is 0 Å². The van der Waals surface area contributed by atoms with Crippen LogP contribution in [0.2, 0.25) is 0 Å². The fraction of sp³-hybridized carbons (Fsp3) is 0.381. The van der Waals surface area contributed by atoms with Crippen LogP contribution >= 0.6 is 0 Å². The minimum absolute atomic E-state index is 0.712.